The largest absolute Gasteiger partial charge is 0.468 e. The maximum Gasteiger partial charge on any atom is 0.315 e. The molecule has 1 atom stereocenters. The van der Waals surface area contributed by atoms with Crippen LogP contribution >= 0.6 is 11.8 Å². The molecule has 0 saturated carbocycles. The summed E-state index contributed by atoms with van der Waals surface area (Å²) >= 11 is 1.34. The van der Waals surface area contributed by atoms with Gasteiger partial charge in [0.25, 0.3) is 0 Å². The van der Waals surface area contributed by atoms with E-state index in [2.05, 4.69) is 10.1 Å². The number of esters is 1. The number of thioether (sulfide) groups is 1. The van der Waals surface area contributed by atoms with Crippen LogP contribution in [-0.4, -0.2) is 30.0 Å². The fourth-order valence-electron chi connectivity index (χ4n) is 1.88. The van der Waals surface area contributed by atoms with E-state index in [4.69, 9.17) is 0 Å². The Morgan fingerprint density at radius 1 is 1.50 bits per heavy atom. The van der Waals surface area contributed by atoms with Crippen LogP contribution in [0.3, 0.4) is 0 Å². The number of amides is 1. The van der Waals surface area contributed by atoms with Gasteiger partial charge >= 0.3 is 5.97 Å². The molecule has 1 aromatic rings. The van der Waals surface area contributed by atoms with Gasteiger partial charge in [-0.2, -0.15) is 0 Å². The molecule has 0 bridgehead atoms. The zero-order chi connectivity index (χ0) is 13.0. The van der Waals surface area contributed by atoms with Crippen molar-refractivity contribution in [3.05, 3.63) is 29.8 Å². The second-order valence-corrected chi connectivity index (χ2v) is 5.25. The standard InChI is InChI=1S/C13H15NO3S/c1-17-12(15)8-18-11-7-6-9-4-2-3-5-10(9)14-13(11)16/h2-5,11H,6-8H2,1H3,(H,14,16)/t11-/m1/s1. The molecule has 0 unspecified atom stereocenters. The number of hydrogen-bond acceptors (Lipinski definition) is 4. The summed E-state index contributed by atoms with van der Waals surface area (Å²) in [6, 6.07) is 7.79. The van der Waals surface area contributed by atoms with Crippen molar-refractivity contribution in [3.8, 4) is 0 Å². The Morgan fingerprint density at radius 3 is 3.06 bits per heavy atom. The molecule has 96 valence electrons. The summed E-state index contributed by atoms with van der Waals surface area (Å²) in [5, 5.41) is 2.70. The van der Waals surface area contributed by atoms with Gasteiger partial charge in [0.1, 0.15) is 0 Å². The van der Waals surface area contributed by atoms with Gasteiger partial charge in [-0.05, 0) is 24.5 Å². The minimum atomic E-state index is -0.297. The van der Waals surface area contributed by atoms with Gasteiger partial charge < -0.3 is 10.1 Å². The summed E-state index contributed by atoms with van der Waals surface area (Å²) in [6.45, 7) is 0. The predicted octanol–water partition coefficient (Wildman–Crippen LogP) is 1.85. The van der Waals surface area contributed by atoms with Crippen LogP contribution in [0.1, 0.15) is 12.0 Å². The molecule has 0 radical (unpaired) electrons. The molecule has 0 fully saturated rings. The molecule has 1 aromatic carbocycles. The number of nitrogens with one attached hydrogen (secondary N) is 1. The minimum absolute atomic E-state index is 0.0335. The topological polar surface area (TPSA) is 55.4 Å². The summed E-state index contributed by atoms with van der Waals surface area (Å²) in [6.07, 6.45) is 1.58. The van der Waals surface area contributed by atoms with E-state index >= 15 is 0 Å². The Bertz CT molecular complexity index is 461. The molecule has 1 aliphatic heterocycles. The Balaban J connectivity index is 2.01. The van der Waals surface area contributed by atoms with Crippen molar-refractivity contribution in [2.45, 2.75) is 18.1 Å². The maximum atomic E-state index is 12.0. The third-order valence-corrected chi connectivity index (χ3v) is 4.13. The van der Waals surface area contributed by atoms with Crippen molar-refractivity contribution in [1.82, 2.24) is 0 Å². The maximum absolute atomic E-state index is 12.0. The quantitative estimate of drug-likeness (QED) is 0.847. The van der Waals surface area contributed by atoms with E-state index in [1.54, 1.807) is 0 Å². The van der Waals surface area contributed by atoms with Crippen LogP contribution in [0, 0.1) is 0 Å². The smallest absolute Gasteiger partial charge is 0.315 e. The van der Waals surface area contributed by atoms with Gasteiger partial charge in [0, 0.05) is 5.69 Å². The Kier molecular flexibility index (Phi) is 4.25. The second-order valence-electron chi connectivity index (χ2n) is 4.06. The van der Waals surface area contributed by atoms with E-state index < -0.39 is 0 Å². The summed E-state index contributed by atoms with van der Waals surface area (Å²) in [5.41, 5.74) is 2.02. The van der Waals surface area contributed by atoms with Gasteiger partial charge in [-0.1, -0.05) is 18.2 Å². The summed E-state index contributed by atoms with van der Waals surface area (Å²) < 4.78 is 4.58. The fraction of sp³-hybridized carbons (Fsp3) is 0.385. The van der Waals surface area contributed by atoms with Crippen LogP contribution in [0.5, 0.6) is 0 Å². The van der Waals surface area contributed by atoms with Crippen LogP contribution in [0.25, 0.3) is 0 Å². The van der Waals surface area contributed by atoms with Crippen LogP contribution in [0.4, 0.5) is 5.69 Å². The number of ether oxygens (including phenoxy) is 1. The van der Waals surface area contributed by atoms with Crippen molar-refractivity contribution in [3.63, 3.8) is 0 Å². The Labute approximate surface area is 110 Å². The highest BCUT2D eigenvalue weighted by Gasteiger charge is 2.24. The average molecular weight is 265 g/mol. The molecule has 1 heterocycles. The monoisotopic (exact) mass is 265 g/mol. The average Bonchev–Trinajstić information content (AvgIpc) is 2.54. The number of anilines is 1. The van der Waals surface area contributed by atoms with Crippen LogP contribution in [0.2, 0.25) is 0 Å². The number of para-hydroxylation sites is 1. The number of aryl methyl sites for hydroxylation is 1. The lowest BCUT2D eigenvalue weighted by Crippen LogP contribution is -2.25. The zero-order valence-corrected chi connectivity index (χ0v) is 11.0. The highest BCUT2D eigenvalue weighted by Crippen LogP contribution is 2.26. The number of fused-ring (bicyclic) bond motifs is 1. The van der Waals surface area contributed by atoms with Gasteiger partial charge in [-0.25, -0.2) is 0 Å². The van der Waals surface area contributed by atoms with Crippen molar-refractivity contribution in [1.29, 1.82) is 0 Å². The lowest BCUT2D eigenvalue weighted by molar-refractivity contribution is -0.137. The number of carbonyl (C=O) groups is 2. The third kappa shape index (κ3) is 3.04. The molecule has 0 aromatic heterocycles. The molecule has 4 nitrogen and oxygen atoms in total. The van der Waals surface area contributed by atoms with Crippen LogP contribution in [0.15, 0.2) is 24.3 Å². The number of carbonyl (C=O) groups excluding carboxylic acids is 2. The summed E-state index contributed by atoms with van der Waals surface area (Å²) in [5.74, 6) is -0.117. The van der Waals surface area contributed by atoms with Crippen LogP contribution in [-0.2, 0) is 20.7 Å². The molecular formula is C13H15NO3S. The molecule has 1 amide bonds. The first-order valence-corrected chi connectivity index (χ1v) is 6.83. The molecule has 0 spiro atoms. The Morgan fingerprint density at radius 2 is 2.28 bits per heavy atom. The highest BCUT2D eigenvalue weighted by atomic mass is 32.2. The molecule has 1 N–H and O–H groups in total. The molecule has 5 heteroatoms. The number of methoxy groups -OCH3 is 1. The minimum Gasteiger partial charge on any atom is -0.468 e. The van der Waals surface area contributed by atoms with Crippen molar-refractivity contribution >= 4 is 29.3 Å². The highest BCUT2D eigenvalue weighted by molar-refractivity contribution is 8.01. The molecular weight excluding hydrogens is 250 g/mol. The SMILES string of the molecule is COC(=O)CS[C@@H]1CCc2ccccc2NC1=O. The van der Waals surface area contributed by atoms with Gasteiger partial charge in [0.15, 0.2) is 0 Å². The van der Waals surface area contributed by atoms with Gasteiger partial charge in [0.2, 0.25) is 5.91 Å². The van der Waals surface area contributed by atoms with E-state index in [-0.39, 0.29) is 22.9 Å². The van der Waals surface area contributed by atoms with Crippen molar-refractivity contribution < 1.29 is 14.3 Å². The van der Waals surface area contributed by atoms with Gasteiger partial charge in [0.05, 0.1) is 18.1 Å². The zero-order valence-electron chi connectivity index (χ0n) is 10.1. The molecule has 2 rings (SSSR count). The van der Waals surface area contributed by atoms with E-state index in [0.717, 1.165) is 24.1 Å². The van der Waals surface area contributed by atoms with Crippen molar-refractivity contribution in [2.24, 2.45) is 0 Å². The first kappa shape index (κ1) is 13.0. The fourth-order valence-corrected chi connectivity index (χ4v) is 2.83. The van der Waals surface area contributed by atoms with E-state index in [1.807, 2.05) is 24.3 Å². The van der Waals surface area contributed by atoms with Gasteiger partial charge in [-0.3, -0.25) is 9.59 Å². The first-order valence-electron chi connectivity index (χ1n) is 5.78. The van der Waals surface area contributed by atoms with E-state index in [1.165, 1.54) is 18.9 Å². The predicted molar refractivity (Wildman–Crippen MR) is 71.7 cm³/mol. The molecule has 1 aliphatic rings. The van der Waals surface area contributed by atoms with Gasteiger partial charge in [-0.15, -0.1) is 11.8 Å². The Hall–Kier alpha value is -1.49. The lowest BCUT2D eigenvalue weighted by Gasteiger charge is -2.11. The van der Waals surface area contributed by atoms with Crippen molar-refractivity contribution in [2.75, 3.05) is 18.2 Å². The molecule has 0 aliphatic carbocycles. The first-order chi connectivity index (χ1) is 8.70. The number of benzene rings is 1. The number of rotatable bonds is 3. The lowest BCUT2D eigenvalue weighted by atomic mass is 10.1. The molecule has 0 saturated heterocycles. The summed E-state index contributed by atoms with van der Waals surface area (Å²) in [7, 11) is 1.35. The normalized spacial score (nSPS) is 18.5. The molecule has 18 heavy (non-hydrogen) atoms. The van der Waals surface area contributed by atoms with Crippen LogP contribution < -0.4 is 5.32 Å². The second kappa shape index (κ2) is 5.91. The summed E-state index contributed by atoms with van der Waals surface area (Å²) in [4.78, 5) is 23.1. The third-order valence-electron chi connectivity index (χ3n) is 2.87. The van der Waals surface area contributed by atoms with E-state index in [0.29, 0.717) is 0 Å². The van der Waals surface area contributed by atoms with E-state index in [9.17, 15) is 9.59 Å². The number of hydrogen-bond donors (Lipinski definition) is 1.